The Morgan fingerprint density at radius 3 is 2.85 bits per heavy atom. The van der Waals surface area contributed by atoms with E-state index in [9.17, 15) is 5.11 Å². The molecule has 2 aromatic rings. The van der Waals surface area contributed by atoms with E-state index in [0.29, 0.717) is 18.5 Å². The number of nitrogens with one attached hydrogen (secondary N) is 2. The first-order valence-corrected chi connectivity index (χ1v) is 9.25. The number of anilines is 2. The second-order valence-corrected chi connectivity index (χ2v) is 7.70. The van der Waals surface area contributed by atoms with Gasteiger partial charge in [-0.3, -0.25) is 0 Å². The molecule has 1 aliphatic heterocycles. The third kappa shape index (κ3) is 3.66. The molecule has 8 heteroatoms. The summed E-state index contributed by atoms with van der Waals surface area (Å²) in [7, 11) is 4.11. The van der Waals surface area contributed by atoms with Gasteiger partial charge in [-0.2, -0.15) is 0 Å². The fourth-order valence-electron chi connectivity index (χ4n) is 4.02. The molecule has 1 aliphatic carbocycles. The molecule has 0 amide bonds. The number of imidazole rings is 1. The lowest BCUT2D eigenvalue weighted by Crippen LogP contribution is -2.38. The second kappa shape index (κ2) is 7.20. The fraction of sp³-hybridized carbons (Fsp3) is 0.611. The van der Waals surface area contributed by atoms with Crippen molar-refractivity contribution >= 4 is 11.6 Å². The predicted molar refractivity (Wildman–Crippen MR) is 100 cm³/mol. The number of rotatable bonds is 6. The summed E-state index contributed by atoms with van der Waals surface area (Å²) in [5, 5.41) is 13.6. The summed E-state index contributed by atoms with van der Waals surface area (Å²) in [4.78, 5) is 20.7. The van der Waals surface area contributed by atoms with E-state index in [1.807, 2.05) is 12.3 Å². The standard InChI is InChI=1S/C18H27N7O/c1-24(2)9-14-7-15(26)10-25(14)17-8-16(21-11-22-17)23-13-5-12(6-13)18-19-3-4-20-18/h3-4,8,11-15,26H,5-7,9-10H2,1-2H3,(H,19,20)(H,21,22,23)/t12?,13?,14-,15-/m1/s1. The molecule has 2 aromatic heterocycles. The van der Waals surface area contributed by atoms with Gasteiger partial charge in [0.05, 0.1) is 6.10 Å². The lowest BCUT2D eigenvalue weighted by atomic mass is 9.80. The zero-order chi connectivity index (χ0) is 18.1. The van der Waals surface area contributed by atoms with Crippen molar-refractivity contribution in [3.05, 3.63) is 30.6 Å². The number of hydrogen-bond donors (Lipinski definition) is 3. The van der Waals surface area contributed by atoms with Crippen LogP contribution in [-0.4, -0.2) is 75.3 Å². The fourth-order valence-corrected chi connectivity index (χ4v) is 4.02. The zero-order valence-corrected chi connectivity index (χ0v) is 15.3. The highest BCUT2D eigenvalue weighted by Crippen LogP contribution is 2.36. The molecular weight excluding hydrogens is 330 g/mol. The van der Waals surface area contributed by atoms with Crippen molar-refractivity contribution in [3.63, 3.8) is 0 Å². The molecule has 3 N–H and O–H groups in total. The first kappa shape index (κ1) is 17.2. The van der Waals surface area contributed by atoms with E-state index < -0.39 is 0 Å². The average Bonchev–Trinajstić information content (AvgIpc) is 3.20. The van der Waals surface area contributed by atoms with Gasteiger partial charge < -0.3 is 25.2 Å². The van der Waals surface area contributed by atoms with Crippen molar-refractivity contribution in [1.82, 2.24) is 24.8 Å². The first-order chi connectivity index (χ1) is 12.6. The van der Waals surface area contributed by atoms with Crippen molar-refractivity contribution in [2.24, 2.45) is 0 Å². The number of aliphatic hydroxyl groups is 1. The highest BCUT2D eigenvalue weighted by atomic mass is 16.3. The summed E-state index contributed by atoms with van der Waals surface area (Å²) in [5.41, 5.74) is 0. The van der Waals surface area contributed by atoms with Crippen LogP contribution in [0.2, 0.25) is 0 Å². The van der Waals surface area contributed by atoms with E-state index in [2.05, 4.69) is 49.1 Å². The molecule has 1 saturated carbocycles. The first-order valence-electron chi connectivity index (χ1n) is 9.25. The average molecular weight is 357 g/mol. The Morgan fingerprint density at radius 1 is 1.27 bits per heavy atom. The molecule has 26 heavy (non-hydrogen) atoms. The Labute approximate surface area is 153 Å². The normalized spacial score (nSPS) is 28.4. The minimum Gasteiger partial charge on any atom is -0.391 e. The molecule has 2 fully saturated rings. The van der Waals surface area contributed by atoms with Gasteiger partial charge in [0.2, 0.25) is 0 Å². The largest absolute Gasteiger partial charge is 0.391 e. The third-order valence-corrected chi connectivity index (χ3v) is 5.31. The second-order valence-electron chi connectivity index (χ2n) is 7.70. The maximum absolute atomic E-state index is 10.1. The Hall–Kier alpha value is -2.19. The van der Waals surface area contributed by atoms with Gasteiger partial charge in [-0.1, -0.05) is 0 Å². The highest BCUT2D eigenvalue weighted by Gasteiger charge is 2.34. The molecule has 1 saturated heterocycles. The molecule has 0 bridgehead atoms. The lowest BCUT2D eigenvalue weighted by molar-refractivity contribution is 0.191. The molecule has 0 unspecified atom stereocenters. The minimum absolute atomic E-state index is 0.273. The SMILES string of the molecule is CN(C)C[C@H]1C[C@@H](O)CN1c1cc(NC2CC(c3ncc[nH]3)C2)ncn1. The maximum Gasteiger partial charge on any atom is 0.134 e. The van der Waals surface area contributed by atoms with Crippen LogP contribution >= 0.6 is 0 Å². The predicted octanol–water partition coefficient (Wildman–Crippen LogP) is 1.06. The van der Waals surface area contributed by atoms with E-state index in [-0.39, 0.29) is 12.1 Å². The Balaban J connectivity index is 1.39. The summed E-state index contributed by atoms with van der Waals surface area (Å²) in [6, 6.07) is 2.69. The van der Waals surface area contributed by atoms with Crippen molar-refractivity contribution in [2.45, 2.75) is 43.4 Å². The van der Waals surface area contributed by atoms with E-state index in [1.165, 1.54) is 0 Å². The van der Waals surface area contributed by atoms with Gasteiger partial charge in [-0.25, -0.2) is 15.0 Å². The van der Waals surface area contributed by atoms with Gasteiger partial charge in [-0.05, 0) is 33.4 Å². The molecule has 0 radical (unpaired) electrons. The Morgan fingerprint density at radius 2 is 2.12 bits per heavy atom. The van der Waals surface area contributed by atoms with Crippen molar-refractivity contribution in [1.29, 1.82) is 0 Å². The van der Waals surface area contributed by atoms with Gasteiger partial charge in [-0.15, -0.1) is 0 Å². The molecule has 2 atom stereocenters. The summed E-state index contributed by atoms with van der Waals surface area (Å²) in [6.45, 7) is 1.52. The molecule has 140 valence electrons. The molecule has 0 spiro atoms. The van der Waals surface area contributed by atoms with Crippen molar-refractivity contribution in [2.75, 3.05) is 37.4 Å². The van der Waals surface area contributed by atoms with Gasteiger partial charge in [0.25, 0.3) is 0 Å². The summed E-state index contributed by atoms with van der Waals surface area (Å²) >= 11 is 0. The number of nitrogens with zero attached hydrogens (tertiary/aromatic N) is 5. The van der Waals surface area contributed by atoms with Crippen molar-refractivity contribution in [3.8, 4) is 0 Å². The highest BCUT2D eigenvalue weighted by molar-refractivity contribution is 5.51. The smallest absolute Gasteiger partial charge is 0.134 e. The number of aromatic nitrogens is 4. The van der Waals surface area contributed by atoms with Crippen LogP contribution in [0.5, 0.6) is 0 Å². The molecule has 0 aromatic carbocycles. The van der Waals surface area contributed by atoms with Crippen LogP contribution in [-0.2, 0) is 0 Å². The summed E-state index contributed by atoms with van der Waals surface area (Å²) in [5.74, 6) is 3.31. The van der Waals surface area contributed by atoms with Crippen molar-refractivity contribution < 1.29 is 5.11 Å². The summed E-state index contributed by atoms with van der Waals surface area (Å²) < 4.78 is 0. The quantitative estimate of drug-likeness (QED) is 0.712. The molecule has 3 heterocycles. The van der Waals surface area contributed by atoms with Crippen LogP contribution in [0.1, 0.15) is 31.0 Å². The van der Waals surface area contributed by atoms with Gasteiger partial charge in [0, 0.05) is 49.6 Å². The molecule has 2 aliphatic rings. The van der Waals surface area contributed by atoms with Crippen LogP contribution in [0.4, 0.5) is 11.6 Å². The third-order valence-electron chi connectivity index (χ3n) is 5.31. The number of H-pyrrole nitrogens is 1. The maximum atomic E-state index is 10.1. The number of β-amino-alcohol motifs (C(OH)–C–C–N with tert-alkyl or cyclic N) is 1. The van der Waals surface area contributed by atoms with E-state index >= 15 is 0 Å². The Kier molecular flexibility index (Phi) is 4.78. The van der Waals surface area contributed by atoms with Crippen LogP contribution in [0.15, 0.2) is 24.8 Å². The van der Waals surface area contributed by atoms with Crippen LogP contribution in [0, 0.1) is 0 Å². The number of aromatic amines is 1. The van der Waals surface area contributed by atoms with Crippen LogP contribution in [0.3, 0.4) is 0 Å². The van der Waals surface area contributed by atoms with Gasteiger partial charge in [0.1, 0.15) is 23.8 Å². The number of likely N-dealkylation sites (N-methyl/N-ethyl adjacent to an activating group) is 1. The van der Waals surface area contributed by atoms with E-state index in [4.69, 9.17) is 0 Å². The topological polar surface area (TPSA) is 93.2 Å². The zero-order valence-electron chi connectivity index (χ0n) is 15.3. The van der Waals surface area contributed by atoms with E-state index in [1.54, 1.807) is 12.5 Å². The monoisotopic (exact) mass is 357 g/mol. The molecule has 4 rings (SSSR count). The number of hydrogen-bond acceptors (Lipinski definition) is 7. The van der Waals surface area contributed by atoms with Crippen LogP contribution in [0.25, 0.3) is 0 Å². The summed E-state index contributed by atoms with van der Waals surface area (Å²) in [6.07, 6.45) is 7.88. The number of aliphatic hydroxyl groups excluding tert-OH is 1. The molecular formula is C18H27N7O. The molecule has 8 nitrogen and oxygen atoms in total. The lowest BCUT2D eigenvalue weighted by Gasteiger charge is -2.35. The Bertz CT molecular complexity index is 714. The van der Waals surface area contributed by atoms with Crippen LogP contribution < -0.4 is 10.2 Å². The minimum atomic E-state index is -0.299. The van der Waals surface area contributed by atoms with Gasteiger partial charge >= 0.3 is 0 Å². The van der Waals surface area contributed by atoms with Gasteiger partial charge in [0.15, 0.2) is 0 Å². The van der Waals surface area contributed by atoms with E-state index in [0.717, 1.165) is 43.3 Å².